The standard InChI is InChI=1S/C14H20ClNOS/c15-14-8-11-12(5-2-6-13(11)18-14)16-9-3-1-4-10(17)7-9/h8-10,12,16-17H,1-7H2. The lowest BCUT2D eigenvalue weighted by Crippen LogP contribution is -2.39. The molecule has 0 amide bonds. The van der Waals surface area contributed by atoms with Crippen LogP contribution in [0.25, 0.3) is 0 Å². The predicted octanol–water partition coefficient (Wildman–Crippen LogP) is 3.67. The Morgan fingerprint density at radius 1 is 1.28 bits per heavy atom. The number of nitrogens with one attached hydrogen (secondary N) is 1. The molecule has 0 aromatic carbocycles. The second kappa shape index (κ2) is 5.49. The second-order valence-corrected chi connectivity index (χ2v) is 7.33. The normalized spacial score (nSPS) is 32.2. The van der Waals surface area contributed by atoms with Gasteiger partial charge in [-0.1, -0.05) is 11.6 Å². The monoisotopic (exact) mass is 285 g/mol. The first-order valence-corrected chi connectivity index (χ1v) is 8.14. The van der Waals surface area contributed by atoms with Crippen LogP contribution < -0.4 is 5.32 Å². The Morgan fingerprint density at radius 2 is 2.17 bits per heavy atom. The summed E-state index contributed by atoms with van der Waals surface area (Å²) in [5.74, 6) is 0. The number of aliphatic hydroxyl groups is 1. The van der Waals surface area contributed by atoms with E-state index in [0.29, 0.717) is 12.1 Å². The van der Waals surface area contributed by atoms with Gasteiger partial charge in [0.05, 0.1) is 10.4 Å². The van der Waals surface area contributed by atoms with E-state index in [0.717, 1.165) is 23.6 Å². The Balaban J connectivity index is 1.70. The van der Waals surface area contributed by atoms with Crippen molar-refractivity contribution >= 4 is 22.9 Å². The number of fused-ring (bicyclic) bond motifs is 1. The van der Waals surface area contributed by atoms with E-state index in [-0.39, 0.29) is 6.10 Å². The average Bonchev–Trinajstić information content (AvgIpc) is 2.71. The molecule has 1 aromatic heterocycles. The van der Waals surface area contributed by atoms with Crippen molar-refractivity contribution in [2.45, 2.75) is 63.1 Å². The molecule has 1 saturated carbocycles. The molecule has 2 aliphatic rings. The van der Waals surface area contributed by atoms with E-state index >= 15 is 0 Å². The van der Waals surface area contributed by atoms with E-state index in [1.165, 1.54) is 36.1 Å². The molecule has 1 heterocycles. The van der Waals surface area contributed by atoms with Crippen LogP contribution in [0, 0.1) is 0 Å². The Hall–Kier alpha value is -0.0900. The summed E-state index contributed by atoms with van der Waals surface area (Å²) in [4.78, 5) is 1.46. The van der Waals surface area contributed by atoms with Crippen molar-refractivity contribution < 1.29 is 5.11 Å². The maximum Gasteiger partial charge on any atom is 0.0934 e. The average molecular weight is 286 g/mol. The van der Waals surface area contributed by atoms with Crippen molar-refractivity contribution in [3.8, 4) is 0 Å². The van der Waals surface area contributed by atoms with Crippen LogP contribution in [0.3, 0.4) is 0 Å². The Morgan fingerprint density at radius 3 is 3.00 bits per heavy atom. The zero-order chi connectivity index (χ0) is 12.5. The van der Waals surface area contributed by atoms with Crippen LogP contribution in [0.2, 0.25) is 4.34 Å². The summed E-state index contributed by atoms with van der Waals surface area (Å²) in [5.41, 5.74) is 1.41. The SMILES string of the molecule is OC1CCCC(NC2CCCc3sc(Cl)cc32)C1. The quantitative estimate of drug-likeness (QED) is 0.869. The Bertz CT molecular complexity index is 420. The summed E-state index contributed by atoms with van der Waals surface area (Å²) in [6, 6.07) is 3.06. The van der Waals surface area contributed by atoms with Gasteiger partial charge in [-0.25, -0.2) is 0 Å². The van der Waals surface area contributed by atoms with Gasteiger partial charge in [0.15, 0.2) is 0 Å². The van der Waals surface area contributed by atoms with E-state index in [2.05, 4.69) is 11.4 Å². The van der Waals surface area contributed by atoms with Crippen LogP contribution >= 0.6 is 22.9 Å². The van der Waals surface area contributed by atoms with Crippen molar-refractivity contribution in [2.75, 3.05) is 0 Å². The molecule has 100 valence electrons. The number of halogens is 1. The summed E-state index contributed by atoms with van der Waals surface area (Å²) in [5, 5.41) is 13.5. The molecule has 3 atom stereocenters. The summed E-state index contributed by atoms with van der Waals surface area (Å²) >= 11 is 7.87. The molecule has 3 unspecified atom stereocenters. The number of hydrogen-bond donors (Lipinski definition) is 2. The van der Waals surface area contributed by atoms with Gasteiger partial charge in [0.25, 0.3) is 0 Å². The first-order chi connectivity index (χ1) is 8.72. The van der Waals surface area contributed by atoms with Crippen LogP contribution in [0.1, 0.15) is 55.0 Å². The van der Waals surface area contributed by atoms with Gasteiger partial charge < -0.3 is 10.4 Å². The summed E-state index contributed by atoms with van der Waals surface area (Å²) < 4.78 is 0.914. The first-order valence-electron chi connectivity index (χ1n) is 6.94. The molecule has 0 aliphatic heterocycles. The summed E-state index contributed by atoms with van der Waals surface area (Å²) in [6.45, 7) is 0. The van der Waals surface area contributed by atoms with Crippen molar-refractivity contribution in [3.63, 3.8) is 0 Å². The van der Waals surface area contributed by atoms with E-state index in [9.17, 15) is 5.11 Å². The van der Waals surface area contributed by atoms with Gasteiger partial charge in [-0.2, -0.15) is 0 Å². The minimum Gasteiger partial charge on any atom is -0.393 e. The molecule has 3 rings (SSSR count). The Labute approximate surface area is 117 Å². The zero-order valence-electron chi connectivity index (χ0n) is 10.5. The van der Waals surface area contributed by atoms with Gasteiger partial charge in [-0.05, 0) is 56.6 Å². The minimum absolute atomic E-state index is 0.106. The van der Waals surface area contributed by atoms with Crippen molar-refractivity contribution in [1.82, 2.24) is 5.32 Å². The third kappa shape index (κ3) is 2.74. The van der Waals surface area contributed by atoms with Crippen LogP contribution in [0.15, 0.2) is 6.07 Å². The molecule has 2 N–H and O–H groups in total. The van der Waals surface area contributed by atoms with Crippen LogP contribution in [-0.2, 0) is 6.42 Å². The highest BCUT2D eigenvalue weighted by Crippen LogP contribution is 2.38. The maximum absolute atomic E-state index is 9.75. The van der Waals surface area contributed by atoms with Gasteiger partial charge in [-0.15, -0.1) is 11.3 Å². The molecule has 0 radical (unpaired) electrons. The third-order valence-electron chi connectivity index (χ3n) is 4.17. The third-order valence-corrected chi connectivity index (χ3v) is 5.51. The molecule has 0 spiro atoms. The number of thiophene rings is 1. The summed E-state index contributed by atoms with van der Waals surface area (Å²) in [7, 11) is 0. The smallest absolute Gasteiger partial charge is 0.0934 e. The molecular formula is C14H20ClNOS. The van der Waals surface area contributed by atoms with Crippen molar-refractivity contribution in [3.05, 3.63) is 20.8 Å². The highest BCUT2D eigenvalue weighted by Gasteiger charge is 2.27. The molecule has 18 heavy (non-hydrogen) atoms. The molecule has 1 aromatic rings. The van der Waals surface area contributed by atoms with E-state index < -0.39 is 0 Å². The number of hydrogen-bond acceptors (Lipinski definition) is 3. The highest BCUT2D eigenvalue weighted by molar-refractivity contribution is 7.16. The molecule has 0 saturated heterocycles. The van der Waals surface area contributed by atoms with E-state index in [1.807, 2.05) is 0 Å². The first kappa shape index (κ1) is 12.9. The van der Waals surface area contributed by atoms with Crippen molar-refractivity contribution in [1.29, 1.82) is 0 Å². The van der Waals surface area contributed by atoms with Gasteiger partial charge in [0, 0.05) is 17.0 Å². The van der Waals surface area contributed by atoms with Crippen molar-refractivity contribution in [2.24, 2.45) is 0 Å². The maximum atomic E-state index is 9.75. The molecular weight excluding hydrogens is 266 g/mol. The minimum atomic E-state index is -0.106. The van der Waals surface area contributed by atoms with Crippen LogP contribution in [-0.4, -0.2) is 17.3 Å². The van der Waals surface area contributed by atoms with E-state index in [1.54, 1.807) is 11.3 Å². The molecule has 0 bridgehead atoms. The van der Waals surface area contributed by atoms with Gasteiger partial charge in [0.2, 0.25) is 0 Å². The fourth-order valence-electron chi connectivity index (χ4n) is 3.29. The number of rotatable bonds is 2. The lowest BCUT2D eigenvalue weighted by molar-refractivity contribution is 0.107. The number of aliphatic hydroxyl groups excluding tert-OH is 1. The fourth-order valence-corrected chi connectivity index (χ4v) is 4.68. The lowest BCUT2D eigenvalue weighted by Gasteiger charge is -2.32. The largest absolute Gasteiger partial charge is 0.393 e. The topological polar surface area (TPSA) is 32.3 Å². The lowest BCUT2D eigenvalue weighted by atomic mass is 9.89. The fraction of sp³-hybridized carbons (Fsp3) is 0.714. The Kier molecular flexibility index (Phi) is 3.94. The van der Waals surface area contributed by atoms with Crippen LogP contribution in [0.4, 0.5) is 0 Å². The van der Waals surface area contributed by atoms with Gasteiger partial charge >= 0.3 is 0 Å². The molecule has 4 heteroatoms. The van der Waals surface area contributed by atoms with Gasteiger partial charge in [0.1, 0.15) is 0 Å². The second-order valence-electron chi connectivity index (χ2n) is 5.56. The number of aryl methyl sites for hydroxylation is 1. The summed E-state index contributed by atoms with van der Waals surface area (Å²) in [6.07, 6.45) is 7.73. The van der Waals surface area contributed by atoms with Gasteiger partial charge in [-0.3, -0.25) is 0 Å². The van der Waals surface area contributed by atoms with Crippen LogP contribution in [0.5, 0.6) is 0 Å². The predicted molar refractivity (Wildman–Crippen MR) is 76.4 cm³/mol. The molecule has 1 fully saturated rings. The zero-order valence-corrected chi connectivity index (χ0v) is 12.1. The van der Waals surface area contributed by atoms with E-state index in [4.69, 9.17) is 11.6 Å². The molecule has 2 nitrogen and oxygen atoms in total. The highest BCUT2D eigenvalue weighted by atomic mass is 35.5. The molecule has 2 aliphatic carbocycles.